The van der Waals surface area contributed by atoms with Gasteiger partial charge in [-0.1, -0.05) is 27.7 Å². The van der Waals surface area contributed by atoms with Crippen LogP contribution in [0.25, 0.3) is 0 Å². The van der Waals surface area contributed by atoms with Crippen LogP contribution in [0.5, 0.6) is 0 Å². The van der Waals surface area contributed by atoms with Crippen LogP contribution in [0.3, 0.4) is 0 Å². The number of hydrogen-bond acceptors (Lipinski definition) is 1. The van der Waals surface area contributed by atoms with Crippen molar-refractivity contribution in [3.63, 3.8) is 0 Å². The van der Waals surface area contributed by atoms with Crippen LogP contribution < -0.4 is 5.32 Å². The SMILES string of the molecule is CC(C)NC(C)C.[Li]. The topological polar surface area (TPSA) is 12.0 Å². The van der Waals surface area contributed by atoms with Crippen LogP contribution in [0.2, 0.25) is 0 Å². The Labute approximate surface area is 64.4 Å². The van der Waals surface area contributed by atoms with Crippen molar-refractivity contribution in [1.29, 1.82) is 0 Å². The van der Waals surface area contributed by atoms with E-state index in [1.807, 2.05) is 0 Å². The van der Waals surface area contributed by atoms with Crippen molar-refractivity contribution < 1.29 is 0 Å². The molecule has 0 aliphatic carbocycles. The first-order chi connectivity index (χ1) is 3.13. The molecule has 0 amide bonds. The maximum atomic E-state index is 3.31. The van der Waals surface area contributed by atoms with Crippen LogP contribution in [0.15, 0.2) is 0 Å². The molecule has 1 radical (unpaired) electrons. The molecule has 0 aliphatic rings. The third kappa shape index (κ3) is 9.75. The second kappa shape index (κ2) is 5.69. The zero-order chi connectivity index (χ0) is 5.86. The van der Waals surface area contributed by atoms with Gasteiger partial charge in [0, 0.05) is 30.9 Å². The van der Waals surface area contributed by atoms with E-state index >= 15 is 0 Å². The summed E-state index contributed by atoms with van der Waals surface area (Å²) < 4.78 is 0. The molecule has 0 unspecified atom stereocenters. The standard InChI is InChI=1S/C6H15N.Li/c1-5(2)7-6(3)4;/h5-7H,1-4H3;. The summed E-state index contributed by atoms with van der Waals surface area (Å²) in [6.45, 7) is 8.61. The molecule has 0 heterocycles. The number of nitrogens with one attached hydrogen (secondary N) is 1. The minimum Gasteiger partial charge on any atom is -0.312 e. The molecule has 1 N–H and O–H groups in total. The predicted octanol–water partition coefficient (Wildman–Crippen LogP) is 1.01. The monoisotopic (exact) mass is 108 g/mol. The van der Waals surface area contributed by atoms with E-state index in [1.54, 1.807) is 0 Å². The second-order valence-electron chi connectivity index (χ2n) is 2.48. The van der Waals surface area contributed by atoms with Crippen molar-refractivity contribution in [3.05, 3.63) is 0 Å². The summed E-state index contributed by atoms with van der Waals surface area (Å²) >= 11 is 0. The van der Waals surface area contributed by atoms with Crippen molar-refractivity contribution in [1.82, 2.24) is 5.32 Å². The second-order valence-corrected chi connectivity index (χ2v) is 2.48. The third-order valence-electron chi connectivity index (χ3n) is 0.667. The molecule has 0 rings (SSSR count). The van der Waals surface area contributed by atoms with Crippen LogP contribution in [-0.2, 0) is 0 Å². The van der Waals surface area contributed by atoms with Crippen LogP contribution in [0.1, 0.15) is 27.7 Å². The summed E-state index contributed by atoms with van der Waals surface area (Å²) in [6, 6.07) is 1.25. The van der Waals surface area contributed by atoms with Gasteiger partial charge in [-0.05, 0) is 0 Å². The minimum atomic E-state index is 0. The Hall–Kier alpha value is 0.557. The molecule has 0 saturated heterocycles. The molecule has 8 heavy (non-hydrogen) atoms. The maximum Gasteiger partial charge on any atom is 0.00127 e. The van der Waals surface area contributed by atoms with Gasteiger partial charge in [0.25, 0.3) is 0 Å². The summed E-state index contributed by atoms with van der Waals surface area (Å²) in [7, 11) is 0. The van der Waals surface area contributed by atoms with Gasteiger partial charge in [0.05, 0.1) is 0 Å². The molecule has 0 aromatic heterocycles. The fourth-order valence-corrected chi connectivity index (χ4v) is 0.667. The molecule has 0 fully saturated rings. The third-order valence-corrected chi connectivity index (χ3v) is 0.667. The zero-order valence-electron chi connectivity index (χ0n) is 6.65. The molecule has 0 aromatic carbocycles. The van der Waals surface area contributed by atoms with E-state index in [9.17, 15) is 0 Å². The van der Waals surface area contributed by atoms with Crippen LogP contribution in [0.4, 0.5) is 0 Å². The van der Waals surface area contributed by atoms with Crippen molar-refractivity contribution in [2.24, 2.45) is 0 Å². The van der Waals surface area contributed by atoms with Crippen molar-refractivity contribution in [2.75, 3.05) is 0 Å². The van der Waals surface area contributed by atoms with Gasteiger partial charge in [-0.3, -0.25) is 0 Å². The first-order valence-corrected chi connectivity index (χ1v) is 2.89. The van der Waals surface area contributed by atoms with Gasteiger partial charge in [0.2, 0.25) is 0 Å². The smallest absolute Gasteiger partial charge is 0.00127 e. The Morgan fingerprint density at radius 3 is 1.12 bits per heavy atom. The fourth-order valence-electron chi connectivity index (χ4n) is 0.667. The summed E-state index contributed by atoms with van der Waals surface area (Å²) in [6.07, 6.45) is 0. The van der Waals surface area contributed by atoms with Gasteiger partial charge in [0.1, 0.15) is 0 Å². The Kier molecular flexibility index (Phi) is 8.08. The molecular weight excluding hydrogens is 93.0 g/mol. The van der Waals surface area contributed by atoms with Crippen molar-refractivity contribution in [3.8, 4) is 0 Å². The van der Waals surface area contributed by atoms with Crippen molar-refractivity contribution >= 4 is 18.9 Å². The molecule has 2 heteroatoms. The van der Waals surface area contributed by atoms with Gasteiger partial charge in [-0.2, -0.15) is 0 Å². The molecule has 0 bridgehead atoms. The Balaban J connectivity index is 0. The molecule has 45 valence electrons. The van der Waals surface area contributed by atoms with Gasteiger partial charge in [-0.25, -0.2) is 0 Å². The fraction of sp³-hybridized carbons (Fsp3) is 1.00. The molecule has 0 aromatic rings. The summed E-state index contributed by atoms with van der Waals surface area (Å²) in [4.78, 5) is 0. The van der Waals surface area contributed by atoms with Crippen LogP contribution in [0, 0.1) is 0 Å². The van der Waals surface area contributed by atoms with E-state index in [2.05, 4.69) is 33.0 Å². The van der Waals surface area contributed by atoms with Crippen LogP contribution in [-0.4, -0.2) is 30.9 Å². The van der Waals surface area contributed by atoms with Crippen LogP contribution >= 0.6 is 0 Å². The van der Waals surface area contributed by atoms with E-state index in [0.29, 0.717) is 12.1 Å². The first kappa shape index (κ1) is 11.4. The normalized spacial score (nSPS) is 9.75. The molecule has 0 aliphatic heterocycles. The molecule has 0 atom stereocenters. The minimum absolute atomic E-state index is 0. The Bertz CT molecular complexity index is 37.8. The molecule has 1 nitrogen and oxygen atoms in total. The van der Waals surface area contributed by atoms with E-state index in [-0.39, 0.29) is 18.9 Å². The maximum absolute atomic E-state index is 3.31. The summed E-state index contributed by atoms with van der Waals surface area (Å²) in [5, 5.41) is 3.31. The van der Waals surface area contributed by atoms with Gasteiger partial charge >= 0.3 is 0 Å². The number of hydrogen-bond donors (Lipinski definition) is 1. The van der Waals surface area contributed by atoms with Gasteiger partial charge in [-0.15, -0.1) is 0 Å². The Morgan fingerprint density at radius 1 is 0.875 bits per heavy atom. The zero-order valence-corrected chi connectivity index (χ0v) is 6.65. The van der Waals surface area contributed by atoms with Crippen molar-refractivity contribution in [2.45, 2.75) is 39.8 Å². The molecule has 0 spiro atoms. The summed E-state index contributed by atoms with van der Waals surface area (Å²) in [5.74, 6) is 0. The average molecular weight is 108 g/mol. The first-order valence-electron chi connectivity index (χ1n) is 2.89. The van der Waals surface area contributed by atoms with Gasteiger partial charge in [0.15, 0.2) is 0 Å². The van der Waals surface area contributed by atoms with E-state index in [0.717, 1.165) is 0 Å². The summed E-state index contributed by atoms with van der Waals surface area (Å²) in [5.41, 5.74) is 0. The molecule has 0 saturated carbocycles. The quantitative estimate of drug-likeness (QED) is 0.520. The largest absolute Gasteiger partial charge is 0.312 e. The van der Waals surface area contributed by atoms with E-state index in [4.69, 9.17) is 0 Å². The average Bonchev–Trinajstić information content (AvgIpc) is 1.27. The van der Waals surface area contributed by atoms with E-state index < -0.39 is 0 Å². The Morgan fingerprint density at radius 2 is 1.12 bits per heavy atom. The predicted molar refractivity (Wildman–Crippen MR) is 39.2 cm³/mol. The molecular formula is C6H15LiN. The number of rotatable bonds is 2. The van der Waals surface area contributed by atoms with E-state index in [1.165, 1.54) is 0 Å². The van der Waals surface area contributed by atoms with Gasteiger partial charge < -0.3 is 5.32 Å².